The van der Waals surface area contributed by atoms with Crippen molar-refractivity contribution in [3.05, 3.63) is 54.2 Å². The topological polar surface area (TPSA) is 96.5 Å². The van der Waals surface area contributed by atoms with Gasteiger partial charge in [0.1, 0.15) is 11.3 Å². The van der Waals surface area contributed by atoms with Crippen LogP contribution in [0.4, 0.5) is 0 Å². The van der Waals surface area contributed by atoms with E-state index in [4.69, 9.17) is 4.74 Å². The smallest absolute Gasteiger partial charge is 0.211 e. The van der Waals surface area contributed by atoms with Crippen molar-refractivity contribution >= 4 is 50.5 Å². The Morgan fingerprint density at radius 1 is 1.11 bits per heavy atom. The molecule has 0 atom stereocenters. The van der Waals surface area contributed by atoms with Gasteiger partial charge >= 0.3 is 0 Å². The molecule has 0 bridgehead atoms. The highest BCUT2D eigenvalue weighted by Gasteiger charge is 2.15. The van der Waals surface area contributed by atoms with Gasteiger partial charge in [0.05, 0.1) is 12.9 Å². The van der Waals surface area contributed by atoms with Crippen molar-refractivity contribution in [3.63, 3.8) is 0 Å². The Kier molecular flexibility index (Phi) is 3.98. The van der Waals surface area contributed by atoms with Crippen LogP contribution < -0.4 is 4.74 Å². The first-order chi connectivity index (χ1) is 13.7. The summed E-state index contributed by atoms with van der Waals surface area (Å²) in [4.78, 5) is 23.5. The van der Waals surface area contributed by atoms with E-state index in [1.807, 2.05) is 42.5 Å². The number of fused-ring (bicyclic) bond motifs is 4. The molecule has 0 aliphatic rings. The van der Waals surface area contributed by atoms with Crippen molar-refractivity contribution in [2.45, 2.75) is 5.16 Å². The molecule has 0 radical (unpaired) electrons. The number of carbonyl (C=O) groups excluding carboxylic acids is 1. The number of para-hydroxylation sites is 1. The number of nitrogens with zero attached hydrogens (tertiary/aromatic N) is 3. The number of methoxy groups -OCH3 is 1. The number of benzene rings is 2. The highest BCUT2D eigenvalue weighted by Crippen LogP contribution is 2.27. The predicted octanol–water partition coefficient (Wildman–Crippen LogP) is 3.97. The lowest BCUT2D eigenvalue weighted by atomic mass is 10.1. The van der Waals surface area contributed by atoms with Crippen molar-refractivity contribution in [2.75, 3.05) is 12.9 Å². The van der Waals surface area contributed by atoms with E-state index in [0.717, 1.165) is 27.6 Å². The van der Waals surface area contributed by atoms with Gasteiger partial charge in [-0.2, -0.15) is 0 Å². The van der Waals surface area contributed by atoms with Gasteiger partial charge < -0.3 is 14.7 Å². The molecule has 0 aliphatic carbocycles. The standard InChI is InChI=1S/C20H15N5O2S/c1-27-11-6-7-16-13(8-11)18-19(22-16)23-20(25-24-18)28-10-17(26)14-9-21-15-5-3-2-4-12(14)15/h2-9,21H,10H2,1H3,(H,22,23,25). The van der Waals surface area contributed by atoms with Crippen molar-refractivity contribution in [1.29, 1.82) is 0 Å². The Labute approximate surface area is 163 Å². The van der Waals surface area contributed by atoms with Crippen molar-refractivity contribution in [3.8, 4) is 5.75 Å². The number of Topliss-reactive ketones (excluding diaryl/α,β-unsaturated/α-hetero) is 1. The molecule has 0 unspecified atom stereocenters. The second kappa shape index (κ2) is 6.65. The predicted molar refractivity (Wildman–Crippen MR) is 109 cm³/mol. The van der Waals surface area contributed by atoms with E-state index in [1.165, 1.54) is 11.8 Å². The van der Waals surface area contributed by atoms with Gasteiger partial charge in [0, 0.05) is 33.6 Å². The highest BCUT2D eigenvalue weighted by molar-refractivity contribution is 7.99. The number of thioether (sulfide) groups is 1. The van der Waals surface area contributed by atoms with Crippen LogP contribution >= 0.6 is 11.8 Å². The molecule has 0 fully saturated rings. The van der Waals surface area contributed by atoms with Crippen LogP contribution in [-0.2, 0) is 0 Å². The van der Waals surface area contributed by atoms with Crippen molar-refractivity contribution < 1.29 is 9.53 Å². The molecule has 5 aromatic rings. The summed E-state index contributed by atoms with van der Waals surface area (Å²) in [5.41, 5.74) is 3.86. The maximum Gasteiger partial charge on any atom is 0.211 e. The van der Waals surface area contributed by atoms with Gasteiger partial charge in [-0.1, -0.05) is 30.0 Å². The van der Waals surface area contributed by atoms with E-state index in [-0.39, 0.29) is 11.5 Å². The molecule has 0 aliphatic heterocycles. The minimum Gasteiger partial charge on any atom is -0.497 e. The summed E-state index contributed by atoms with van der Waals surface area (Å²) in [6, 6.07) is 13.4. The fourth-order valence-electron chi connectivity index (χ4n) is 3.23. The number of rotatable bonds is 5. The third kappa shape index (κ3) is 2.78. The van der Waals surface area contributed by atoms with Gasteiger partial charge in [0.2, 0.25) is 5.16 Å². The molecule has 138 valence electrons. The summed E-state index contributed by atoms with van der Waals surface area (Å²) in [7, 11) is 1.62. The molecule has 2 aromatic carbocycles. The first kappa shape index (κ1) is 16.8. The molecule has 0 amide bonds. The normalized spacial score (nSPS) is 11.5. The fourth-order valence-corrected chi connectivity index (χ4v) is 3.90. The summed E-state index contributed by atoms with van der Waals surface area (Å²) in [6.45, 7) is 0. The SMILES string of the molecule is COc1ccc2[nH]c3nc(SCC(=O)c4c[nH]c5ccccc45)nnc3c2c1. The van der Waals surface area contributed by atoms with E-state index >= 15 is 0 Å². The van der Waals surface area contributed by atoms with Crippen molar-refractivity contribution in [1.82, 2.24) is 25.1 Å². The van der Waals surface area contributed by atoms with Crippen LogP contribution in [0, 0.1) is 0 Å². The largest absolute Gasteiger partial charge is 0.497 e. The number of ketones is 1. The van der Waals surface area contributed by atoms with Crippen molar-refractivity contribution in [2.24, 2.45) is 0 Å². The Hall–Kier alpha value is -3.39. The second-order valence-corrected chi connectivity index (χ2v) is 7.23. The molecule has 3 aromatic heterocycles. The molecule has 0 saturated carbocycles. The number of aromatic nitrogens is 5. The quantitative estimate of drug-likeness (QED) is 0.349. The van der Waals surface area contributed by atoms with Gasteiger partial charge in [-0.15, -0.1) is 10.2 Å². The van der Waals surface area contributed by atoms with Gasteiger partial charge in [-0.05, 0) is 24.3 Å². The Balaban J connectivity index is 1.40. The lowest BCUT2D eigenvalue weighted by molar-refractivity contribution is 0.102. The fraction of sp³-hybridized carbons (Fsp3) is 0.100. The minimum absolute atomic E-state index is 0.0209. The number of nitrogens with one attached hydrogen (secondary N) is 2. The molecule has 5 rings (SSSR count). The summed E-state index contributed by atoms with van der Waals surface area (Å²) < 4.78 is 5.27. The maximum absolute atomic E-state index is 12.6. The highest BCUT2D eigenvalue weighted by atomic mass is 32.2. The molecule has 28 heavy (non-hydrogen) atoms. The number of H-pyrrole nitrogens is 2. The lowest BCUT2D eigenvalue weighted by Crippen LogP contribution is -2.03. The average molecular weight is 389 g/mol. The average Bonchev–Trinajstić information content (AvgIpc) is 3.32. The molecule has 3 heterocycles. The molecular formula is C20H15N5O2S. The lowest BCUT2D eigenvalue weighted by Gasteiger charge is -2.00. The summed E-state index contributed by atoms with van der Waals surface area (Å²) in [6.07, 6.45) is 1.75. The zero-order chi connectivity index (χ0) is 19.1. The molecule has 8 heteroatoms. The summed E-state index contributed by atoms with van der Waals surface area (Å²) in [5, 5.41) is 10.8. The number of carbonyl (C=O) groups is 1. The maximum atomic E-state index is 12.6. The van der Waals surface area contributed by atoms with Crippen LogP contribution in [0.3, 0.4) is 0 Å². The monoisotopic (exact) mass is 389 g/mol. The van der Waals surface area contributed by atoms with E-state index in [1.54, 1.807) is 13.3 Å². The van der Waals surface area contributed by atoms with Crippen LogP contribution in [0.2, 0.25) is 0 Å². The first-order valence-electron chi connectivity index (χ1n) is 8.65. The molecule has 7 nitrogen and oxygen atoms in total. The molecular weight excluding hydrogens is 374 g/mol. The third-order valence-electron chi connectivity index (χ3n) is 4.62. The minimum atomic E-state index is 0.0209. The first-order valence-corrected chi connectivity index (χ1v) is 9.64. The Morgan fingerprint density at radius 2 is 2.00 bits per heavy atom. The van der Waals surface area contributed by atoms with Crippen LogP contribution in [-0.4, -0.2) is 43.8 Å². The van der Waals surface area contributed by atoms with E-state index in [2.05, 4.69) is 25.1 Å². The van der Waals surface area contributed by atoms with Gasteiger partial charge in [0.25, 0.3) is 0 Å². The van der Waals surface area contributed by atoms with E-state index in [0.29, 0.717) is 21.9 Å². The number of hydrogen-bond donors (Lipinski definition) is 2. The number of hydrogen-bond acceptors (Lipinski definition) is 6. The third-order valence-corrected chi connectivity index (χ3v) is 5.46. The van der Waals surface area contributed by atoms with Crippen LogP contribution in [0.5, 0.6) is 5.75 Å². The summed E-state index contributed by atoms with van der Waals surface area (Å²) >= 11 is 1.27. The van der Waals surface area contributed by atoms with Gasteiger partial charge in [0.15, 0.2) is 11.4 Å². The van der Waals surface area contributed by atoms with Gasteiger partial charge in [-0.25, -0.2) is 4.98 Å². The Morgan fingerprint density at radius 3 is 2.89 bits per heavy atom. The van der Waals surface area contributed by atoms with E-state index in [9.17, 15) is 4.79 Å². The van der Waals surface area contributed by atoms with Crippen LogP contribution in [0.1, 0.15) is 10.4 Å². The number of aromatic amines is 2. The molecule has 2 N–H and O–H groups in total. The second-order valence-electron chi connectivity index (χ2n) is 6.29. The molecule has 0 saturated heterocycles. The zero-order valence-corrected chi connectivity index (χ0v) is 15.7. The Bertz CT molecular complexity index is 1340. The number of ether oxygens (including phenoxy) is 1. The molecule has 0 spiro atoms. The van der Waals surface area contributed by atoms with Crippen LogP contribution in [0.25, 0.3) is 33.0 Å². The van der Waals surface area contributed by atoms with E-state index < -0.39 is 0 Å². The summed E-state index contributed by atoms with van der Waals surface area (Å²) in [5.74, 6) is 1.01. The zero-order valence-electron chi connectivity index (χ0n) is 14.9. The van der Waals surface area contributed by atoms with Crippen LogP contribution in [0.15, 0.2) is 53.8 Å². The van der Waals surface area contributed by atoms with Gasteiger partial charge in [-0.3, -0.25) is 4.79 Å².